The van der Waals surface area contributed by atoms with E-state index in [1.54, 1.807) is 0 Å². The summed E-state index contributed by atoms with van der Waals surface area (Å²) < 4.78 is 8.74. The van der Waals surface area contributed by atoms with Gasteiger partial charge in [0.1, 0.15) is 11.2 Å². The van der Waals surface area contributed by atoms with E-state index in [0.717, 1.165) is 17.6 Å². The van der Waals surface area contributed by atoms with Crippen LogP contribution in [0.5, 0.6) is 0 Å². The number of hydrogen-bond donors (Lipinski definition) is 0. The van der Waals surface area contributed by atoms with Crippen LogP contribution in [0.3, 0.4) is 0 Å². The number of benzene rings is 3. The van der Waals surface area contributed by atoms with E-state index in [0.29, 0.717) is 6.04 Å². The third-order valence-electron chi connectivity index (χ3n) is 5.42. The number of hydrogen-bond acceptors (Lipinski definition) is 2. The van der Waals surface area contributed by atoms with E-state index < -0.39 is 0 Å². The maximum atomic E-state index is 6.33. The van der Waals surface area contributed by atoms with Crippen LogP contribution < -0.4 is 3.11 Å². The zero-order chi connectivity index (χ0) is 16.5. The molecule has 0 bridgehead atoms. The van der Waals surface area contributed by atoms with Crippen LogP contribution in [0.1, 0.15) is 12.0 Å². The fraction of sp³-hybridized carbons (Fsp3) is 0.0909. The molecule has 6 rings (SSSR count). The summed E-state index contributed by atoms with van der Waals surface area (Å²) in [6.45, 7) is 0. The molecule has 1 atom stereocenters. The topological polar surface area (TPSA) is 16.4 Å². The summed E-state index contributed by atoms with van der Waals surface area (Å²) in [6, 6.07) is 17.4. The molecule has 120 valence electrons. The lowest BCUT2D eigenvalue weighted by Crippen LogP contribution is -2.21. The Labute approximate surface area is 158 Å². The first-order valence-electron chi connectivity index (χ1n) is 8.52. The molecule has 2 nitrogen and oxygen atoms in total. The number of anilines is 1. The molecular weight excluding hydrogens is 421 g/mol. The third kappa shape index (κ3) is 1.69. The molecule has 3 heteroatoms. The van der Waals surface area contributed by atoms with Crippen molar-refractivity contribution in [1.82, 2.24) is 0 Å². The molecule has 0 N–H and O–H groups in total. The molecule has 25 heavy (non-hydrogen) atoms. The molecule has 1 aromatic heterocycles. The smallest absolute Gasteiger partial charge is 0.145 e. The highest BCUT2D eigenvalue weighted by Gasteiger charge is 2.37. The monoisotopic (exact) mass is 435 g/mol. The second-order valence-electron chi connectivity index (χ2n) is 6.68. The second kappa shape index (κ2) is 4.88. The number of rotatable bonds is 0. The number of fused-ring (bicyclic) bond motifs is 10. The lowest BCUT2D eigenvalue weighted by Gasteiger charge is -2.21. The first-order chi connectivity index (χ1) is 12.3. The van der Waals surface area contributed by atoms with Crippen molar-refractivity contribution in [3.63, 3.8) is 0 Å². The summed E-state index contributed by atoms with van der Waals surface area (Å²) in [5.41, 5.74) is 6.07. The number of halogens is 1. The van der Waals surface area contributed by atoms with Crippen LogP contribution in [0.4, 0.5) is 5.69 Å². The molecule has 4 aromatic rings. The van der Waals surface area contributed by atoms with Gasteiger partial charge < -0.3 is 7.53 Å². The van der Waals surface area contributed by atoms with Crippen molar-refractivity contribution in [3.05, 3.63) is 72.3 Å². The Morgan fingerprint density at radius 1 is 0.960 bits per heavy atom. The number of para-hydroxylation sites is 1. The van der Waals surface area contributed by atoms with Crippen molar-refractivity contribution < 1.29 is 4.42 Å². The Kier molecular flexibility index (Phi) is 2.73. The van der Waals surface area contributed by atoms with E-state index in [2.05, 4.69) is 86.7 Å². The Balaban J connectivity index is 1.93. The molecule has 0 saturated carbocycles. The number of allylic oxidation sites excluding steroid dienone is 2. The van der Waals surface area contributed by atoms with Crippen LogP contribution in [-0.2, 0) is 0 Å². The van der Waals surface area contributed by atoms with Gasteiger partial charge >= 0.3 is 0 Å². The van der Waals surface area contributed by atoms with Crippen molar-refractivity contribution in [2.24, 2.45) is 0 Å². The van der Waals surface area contributed by atoms with Crippen LogP contribution in [-0.4, -0.2) is 6.04 Å². The van der Waals surface area contributed by atoms with E-state index in [-0.39, 0.29) is 0 Å². The van der Waals surface area contributed by atoms with Gasteiger partial charge in [0.25, 0.3) is 0 Å². The van der Waals surface area contributed by atoms with E-state index in [1.165, 1.54) is 38.4 Å². The standard InChI is InChI=1S/C22H14INO/c23-24-17-11-5-3-9-15(17)19-13-7-1-2-8-14(13)22-20(21(19)24)16-10-4-6-12-18(16)25-22/h1-10,12,17H,11H2. The first kappa shape index (κ1) is 14.0. The Hall–Kier alpha value is -2.27. The Bertz CT molecular complexity index is 1250. The van der Waals surface area contributed by atoms with Gasteiger partial charge in [0.2, 0.25) is 0 Å². The van der Waals surface area contributed by atoms with E-state index in [4.69, 9.17) is 4.42 Å². The fourth-order valence-corrected chi connectivity index (χ4v) is 5.38. The quantitative estimate of drug-likeness (QED) is 0.228. The van der Waals surface area contributed by atoms with Gasteiger partial charge in [-0.3, -0.25) is 0 Å². The van der Waals surface area contributed by atoms with Crippen molar-refractivity contribution in [2.45, 2.75) is 12.5 Å². The van der Waals surface area contributed by atoms with Crippen molar-refractivity contribution >= 4 is 66.8 Å². The van der Waals surface area contributed by atoms with E-state index in [1.807, 2.05) is 6.07 Å². The molecule has 0 amide bonds. The molecule has 1 unspecified atom stereocenters. The van der Waals surface area contributed by atoms with Crippen LogP contribution >= 0.6 is 22.9 Å². The summed E-state index contributed by atoms with van der Waals surface area (Å²) in [6.07, 6.45) is 7.79. The second-order valence-corrected chi connectivity index (χ2v) is 7.72. The van der Waals surface area contributed by atoms with Gasteiger partial charge in [-0.25, -0.2) is 0 Å². The van der Waals surface area contributed by atoms with Crippen molar-refractivity contribution in [3.8, 4) is 0 Å². The fourth-order valence-electron chi connectivity index (χ4n) is 4.37. The predicted octanol–water partition coefficient (Wildman–Crippen LogP) is 6.62. The summed E-state index contributed by atoms with van der Waals surface area (Å²) >= 11 is 2.49. The highest BCUT2D eigenvalue weighted by molar-refractivity contribution is 14.1. The largest absolute Gasteiger partial charge is 0.455 e. The van der Waals surface area contributed by atoms with Gasteiger partial charge in [0.05, 0.1) is 40.0 Å². The van der Waals surface area contributed by atoms with Gasteiger partial charge in [-0.05, 0) is 23.4 Å². The maximum absolute atomic E-state index is 6.33. The average molecular weight is 435 g/mol. The average Bonchev–Trinajstić information content (AvgIpc) is 3.19. The Morgan fingerprint density at radius 2 is 1.72 bits per heavy atom. The minimum atomic E-state index is 0.406. The minimum absolute atomic E-state index is 0.406. The van der Waals surface area contributed by atoms with Gasteiger partial charge in [0, 0.05) is 16.3 Å². The molecule has 2 heterocycles. The summed E-state index contributed by atoms with van der Waals surface area (Å²) in [7, 11) is 0. The number of furan rings is 1. The Morgan fingerprint density at radius 3 is 2.60 bits per heavy atom. The summed E-state index contributed by atoms with van der Waals surface area (Å²) in [4.78, 5) is 0. The molecule has 0 saturated heterocycles. The third-order valence-corrected chi connectivity index (χ3v) is 6.57. The van der Waals surface area contributed by atoms with Crippen LogP contribution in [0.25, 0.3) is 38.3 Å². The molecule has 3 aromatic carbocycles. The molecule has 1 aliphatic carbocycles. The zero-order valence-corrected chi connectivity index (χ0v) is 15.5. The SMILES string of the molecule is IN1c2c(c3ccccc3c3oc4ccccc4c23)C2=CC=CCC21. The van der Waals surface area contributed by atoms with Gasteiger partial charge in [-0.1, -0.05) is 60.7 Å². The highest BCUT2D eigenvalue weighted by atomic mass is 127. The van der Waals surface area contributed by atoms with Crippen LogP contribution in [0, 0.1) is 0 Å². The molecule has 2 aliphatic rings. The molecule has 1 aliphatic heterocycles. The summed E-state index contributed by atoms with van der Waals surface area (Å²) in [5.74, 6) is 0. The van der Waals surface area contributed by atoms with Gasteiger partial charge in [-0.15, -0.1) is 0 Å². The van der Waals surface area contributed by atoms with Crippen LogP contribution in [0.15, 0.2) is 71.2 Å². The predicted molar refractivity (Wildman–Crippen MR) is 113 cm³/mol. The van der Waals surface area contributed by atoms with E-state index in [9.17, 15) is 0 Å². The van der Waals surface area contributed by atoms with Crippen molar-refractivity contribution in [1.29, 1.82) is 0 Å². The maximum Gasteiger partial charge on any atom is 0.145 e. The van der Waals surface area contributed by atoms with Gasteiger partial charge in [-0.2, -0.15) is 0 Å². The van der Waals surface area contributed by atoms with Crippen molar-refractivity contribution in [2.75, 3.05) is 3.11 Å². The van der Waals surface area contributed by atoms with Crippen LogP contribution in [0.2, 0.25) is 0 Å². The first-order valence-corrected chi connectivity index (χ1v) is 9.49. The van der Waals surface area contributed by atoms with E-state index >= 15 is 0 Å². The molecule has 0 spiro atoms. The normalized spacial score (nSPS) is 18.8. The molecular formula is C22H14INO. The lowest BCUT2D eigenvalue weighted by molar-refractivity contribution is 0.672. The highest BCUT2D eigenvalue weighted by Crippen LogP contribution is 2.54. The lowest BCUT2D eigenvalue weighted by atomic mass is 9.91. The van der Waals surface area contributed by atoms with Gasteiger partial charge in [0.15, 0.2) is 0 Å². The summed E-state index contributed by atoms with van der Waals surface area (Å²) in [5, 5.41) is 4.94. The molecule has 0 fully saturated rings. The molecule has 0 radical (unpaired) electrons. The minimum Gasteiger partial charge on any atom is -0.455 e. The zero-order valence-electron chi connectivity index (χ0n) is 13.4. The number of nitrogens with zero attached hydrogens (tertiary/aromatic N) is 1.